The predicted octanol–water partition coefficient (Wildman–Crippen LogP) is 3.55. The first-order valence-electron chi connectivity index (χ1n) is 4.71. The topological polar surface area (TPSA) is 3.24 Å². The first-order valence-corrected chi connectivity index (χ1v) is 6.10. The lowest BCUT2D eigenvalue weighted by Crippen LogP contribution is -2.21. The van der Waals surface area contributed by atoms with Crippen LogP contribution in [0, 0.1) is 0 Å². The second kappa shape index (κ2) is 6.04. The normalized spacial score (nSPS) is 9.86. The molecule has 76 valence electrons. The maximum Gasteiger partial charge on any atom is 0.140 e. The first-order chi connectivity index (χ1) is 6.75. The van der Waals surface area contributed by atoms with Crippen LogP contribution in [0.4, 0.5) is 5.69 Å². The van der Waals surface area contributed by atoms with E-state index in [1.54, 1.807) is 11.8 Å². The summed E-state index contributed by atoms with van der Waals surface area (Å²) in [5.74, 6) is 1.09. The van der Waals surface area contributed by atoms with Gasteiger partial charge < -0.3 is 4.90 Å². The van der Waals surface area contributed by atoms with Crippen molar-refractivity contribution < 1.29 is 0 Å². The van der Waals surface area contributed by atoms with Crippen molar-refractivity contribution >= 4 is 34.0 Å². The van der Waals surface area contributed by atoms with E-state index in [1.165, 1.54) is 0 Å². The van der Waals surface area contributed by atoms with Crippen LogP contribution in [0.2, 0.25) is 0 Å². The van der Waals surface area contributed by atoms with Gasteiger partial charge in [0.2, 0.25) is 0 Å². The molecule has 0 aliphatic rings. The molecule has 1 aromatic rings. The van der Waals surface area contributed by atoms with Crippen molar-refractivity contribution in [1.82, 2.24) is 0 Å². The zero-order chi connectivity index (χ0) is 10.4. The van der Waals surface area contributed by atoms with Crippen LogP contribution in [0.3, 0.4) is 0 Å². The van der Waals surface area contributed by atoms with Gasteiger partial charge in [-0.15, -0.1) is 0 Å². The van der Waals surface area contributed by atoms with Gasteiger partial charge in [-0.05, 0) is 24.3 Å². The predicted molar refractivity (Wildman–Crippen MR) is 70.2 cm³/mol. The number of hydrogen-bond donors (Lipinski definition) is 0. The van der Waals surface area contributed by atoms with E-state index < -0.39 is 0 Å². The van der Waals surface area contributed by atoms with Gasteiger partial charge in [-0.2, -0.15) is 0 Å². The Balaban J connectivity index is 2.57. The molecular formula is C11H15NS2. The number of anilines is 1. The molecule has 0 aromatic heterocycles. The van der Waals surface area contributed by atoms with Gasteiger partial charge in [0.15, 0.2) is 0 Å². The summed E-state index contributed by atoms with van der Waals surface area (Å²) in [6.07, 6.45) is 1.16. The lowest BCUT2D eigenvalue weighted by Gasteiger charge is -2.19. The molecule has 0 amide bonds. The minimum atomic E-state index is 0.943. The number of rotatable bonds is 3. The zero-order valence-corrected chi connectivity index (χ0v) is 10.2. The molecule has 0 unspecified atom stereocenters. The van der Waals surface area contributed by atoms with Gasteiger partial charge in [0.25, 0.3) is 0 Å². The highest BCUT2D eigenvalue weighted by atomic mass is 32.2. The van der Waals surface area contributed by atoms with Crippen LogP contribution in [0.1, 0.15) is 13.3 Å². The monoisotopic (exact) mass is 225 g/mol. The maximum atomic E-state index is 5.31. The van der Waals surface area contributed by atoms with Gasteiger partial charge in [-0.3, -0.25) is 0 Å². The summed E-state index contributed by atoms with van der Waals surface area (Å²) in [6.45, 7) is 2.16. The van der Waals surface area contributed by atoms with Crippen LogP contribution in [0.15, 0.2) is 30.3 Å². The number of para-hydroxylation sites is 1. The number of hydrogen-bond acceptors (Lipinski definition) is 2. The van der Waals surface area contributed by atoms with Gasteiger partial charge in [-0.1, -0.05) is 49.1 Å². The van der Waals surface area contributed by atoms with Crippen LogP contribution in [0.25, 0.3) is 0 Å². The van der Waals surface area contributed by atoms with Gasteiger partial charge in [0.05, 0.1) is 0 Å². The minimum absolute atomic E-state index is 0.943. The molecule has 1 rings (SSSR count). The molecule has 0 saturated carbocycles. The standard InChI is InChI=1S/C11H15NS2/c1-3-9-14-11(13)12(2)10-7-5-4-6-8-10/h4-8H,3,9H2,1-2H3. The largest absolute Gasteiger partial charge is 0.330 e. The van der Waals surface area contributed by atoms with E-state index >= 15 is 0 Å². The number of nitrogens with zero attached hydrogens (tertiary/aromatic N) is 1. The quantitative estimate of drug-likeness (QED) is 0.724. The lowest BCUT2D eigenvalue weighted by atomic mass is 10.3. The van der Waals surface area contributed by atoms with Crippen LogP contribution >= 0.6 is 24.0 Å². The molecule has 14 heavy (non-hydrogen) atoms. The molecule has 0 aliphatic carbocycles. The molecule has 0 atom stereocenters. The molecule has 0 N–H and O–H groups in total. The van der Waals surface area contributed by atoms with Gasteiger partial charge in [0.1, 0.15) is 4.32 Å². The lowest BCUT2D eigenvalue weighted by molar-refractivity contribution is 1.11. The summed E-state index contributed by atoms with van der Waals surface area (Å²) >= 11 is 7.05. The summed E-state index contributed by atoms with van der Waals surface area (Å²) in [5.41, 5.74) is 1.15. The van der Waals surface area contributed by atoms with E-state index in [2.05, 4.69) is 24.0 Å². The third kappa shape index (κ3) is 3.31. The Morgan fingerprint density at radius 2 is 2.00 bits per heavy atom. The maximum absolute atomic E-state index is 5.31. The Hall–Kier alpha value is -0.540. The van der Waals surface area contributed by atoms with Gasteiger partial charge in [-0.25, -0.2) is 0 Å². The summed E-state index contributed by atoms with van der Waals surface area (Å²) in [7, 11) is 2.01. The molecule has 0 fully saturated rings. The fourth-order valence-electron chi connectivity index (χ4n) is 1.04. The second-order valence-corrected chi connectivity index (χ2v) is 4.74. The Labute approximate surface area is 95.5 Å². The van der Waals surface area contributed by atoms with Crippen molar-refractivity contribution in [1.29, 1.82) is 0 Å². The molecule has 0 heterocycles. The van der Waals surface area contributed by atoms with Crippen molar-refractivity contribution in [2.24, 2.45) is 0 Å². The molecule has 1 nitrogen and oxygen atoms in total. The molecule has 0 spiro atoms. The summed E-state index contributed by atoms with van der Waals surface area (Å²) in [4.78, 5) is 2.05. The smallest absolute Gasteiger partial charge is 0.140 e. The Kier molecular flexibility index (Phi) is 4.98. The SMILES string of the molecule is CCCSC(=S)N(C)c1ccccc1. The highest BCUT2D eigenvalue weighted by molar-refractivity contribution is 8.23. The fourth-order valence-corrected chi connectivity index (χ4v) is 2.08. The minimum Gasteiger partial charge on any atom is -0.330 e. The van der Waals surface area contributed by atoms with Crippen molar-refractivity contribution in [2.45, 2.75) is 13.3 Å². The average Bonchev–Trinajstić information content (AvgIpc) is 2.26. The molecule has 0 saturated heterocycles. The van der Waals surface area contributed by atoms with Crippen molar-refractivity contribution in [3.63, 3.8) is 0 Å². The molecule has 0 aliphatic heterocycles. The summed E-state index contributed by atoms with van der Waals surface area (Å²) in [6, 6.07) is 10.2. The van der Waals surface area contributed by atoms with Crippen LogP contribution in [-0.2, 0) is 0 Å². The molecule has 0 radical (unpaired) electrons. The van der Waals surface area contributed by atoms with Gasteiger partial charge in [0, 0.05) is 12.7 Å². The van der Waals surface area contributed by atoms with E-state index in [0.29, 0.717) is 0 Å². The van der Waals surface area contributed by atoms with Gasteiger partial charge >= 0.3 is 0 Å². The highest BCUT2D eigenvalue weighted by Crippen LogP contribution is 2.17. The molecule has 1 aromatic carbocycles. The average molecular weight is 225 g/mol. The third-order valence-corrected chi connectivity index (χ3v) is 3.61. The highest BCUT2D eigenvalue weighted by Gasteiger charge is 2.05. The number of benzene rings is 1. The Morgan fingerprint density at radius 1 is 1.36 bits per heavy atom. The van der Waals surface area contributed by atoms with Crippen molar-refractivity contribution in [3.8, 4) is 0 Å². The van der Waals surface area contributed by atoms with E-state index in [1.807, 2.05) is 25.2 Å². The molecular weight excluding hydrogens is 210 g/mol. The van der Waals surface area contributed by atoms with Crippen LogP contribution in [-0.4, -0.2) is 17.1 Å². The zero-order valence-electron chi connectivity index (χ0n) is 8.56. The number of thiocarbonyl (C=S) groups is 1. The van der Waals surface area contributed by atoms with Crippen molar-refractivity contribution in [3.05, 3.63) is 30.3 Å². The van der Waals surface area contributed by atoms with Crippen LogP contribution < -0.4 is 4.90 Å². The third-order valence-electron chi connectivity index (χ3n) is 1.85. The van der Waals surface area contributed by atoms with Crippen LogP contribution in [0.5, 0.6) is 0 Å². The fraction of sp³-hybridized carbons (Fsp3) is 0.364. The Bertz CT molecular complexity index is 285. The summed E-state index contributed by atoms with van der Waals surface area (Å²) in [5, 5.41) is 0. The summed E-state index contributed by atoms with van der Waals surface area (Å²) < 4.78 is 0.943. The number of thioether (sulfide) groups is 1. The molecule has 3 heteroatoms. The van der Waals surface area contributed by atoms with E-state index in [-0.39, 0.29) is 0 Å². The van der Waals surface area contributed by atoms with E-state index in [0.717, 1.165) is 22.2 Å². The molecule has 0 bridgehead atoms. The first kappa shape index (κ1) is 11.5. The Morgan fingerprint density at radius 3 is 2.57 bits per heavy atom. The van der Waals surface area contributed by atoms with E-state index in [4.69, 9.17) is 12.2 Å². The van der Waals surface area contributed by atoms with E-state index in [9.17, 15) is 0 Å². The van der Waals surface area contributed by atoms with Crippen molar-refractivity contribution in [2.75, 3.05) is 17.7 Å². The second-order valence-electron chi connectivity index (χ2n) is 3.01.